The number of rotatable bonds is 8. The number of amides is 1. The Morgan fingerprint density at radius 3 is 2.88 bits per heavy atom. The highest BCUT2D eigenvalue weighted by atomic mass is 16.5. The van der Waals surface area contributed by atoms with E-state index in [4.69, 9.17) is 18.5 Å². The van der Waals surface area contributed by atoms with Crippen LogP contribution in [-0.4, -0.2) is 47.5 Å². The van der Waals surface area contributed by atoms with E-state index in [0.29, 0.717) is 26.3 Å². The van der Waals surface area contributed by atoms with E-state index in [1.54, 1.807) is 5.01 Å². The monoisotopic (exact) mass is 364 g/mol. The Hall–Kier alpha value is -2.39. The second-order valence-electron chi connectivity index (χ2n) is 6.13. The Bertz CT molecular complexity index is 721. The molecule has 0 aromatic carbocycles. The molecule has 2 aromatic heterocycles. The fourth-order valence-corrected chi connectivity index (χ4v) is 2.62. The number of unbranched alkanes of at least 4 members (excludes halogenated alkanes) is 1. The van der Waals surface area contributed by atoms with Gasteiger partial charge in [-0.2, -0.15) is 0 Å². The van der Waals surface area contributed by atoms with Gasteiger partial charge in [0.1, 0.15) is 12.4 Å². The molecular formula is C17H24N4O5. The smallest absolute Gasteiger partial charge is 0.304 e. The van der Waals surface area contributed by atoms with Crippen LogP contribution in [0, 0.1) is 6.92 Å². The van der Waals surface area contributed by atoms with Gasteiger partial charge in [0, 0.05) is 13.1 Å². The molecule has 3 heterocycles. The molecule has 1 N–H and O–H groups in total. The third kappa shape index (κ3) is 4.61. The molecule has 9 nitrogen and oxygen atoms in total. The van der Waals surface area contributed by atoms with Crippen molar-refractivity contribution in [2.24, 2.45) is 0 Å². The zero-order valence-corrected chi connectivity index (χ0v) is 15.1. The summed E-state index contributed by atoms with van der Waals surface area (Å²) in [4.78, 5) is 12.2. The third-order valence-corrected chi connectivity index (χ3v) is 4.18. The molecule has 1 aliphatic rings. The summed E-state index contributed by atoms with van der Waals surface area (Å²) in [5.41, 5.74) is 4.58. The zero-order chi connectivity index (χ0) is 18.4. The Morgan fingerprint density at radius 1 is 1.31 bits per heavy atom. The molecule has 26 heavy (non-hydrogen) atoms. The molecule has 0 unspecified atom stereocenters. The second-order valence-corrected chi connectivity index (χ2v) is 6.13. The first kappa shape index (κ1) is 18.4. The van der Waals surface area contributed by atoms with Crippen LogP contribution < -0.4 is 10.2 Å². The van der Waals surface area contributed by atoms with Gasteiger partial charge in [-0.25, -0.2) is 5.01 Å². The molecule has 0 radical (unpaired) electrons. The van der Waals surface area contributed by atoms with Gasteiger partial charge in [-0.05, 0) is 24.9 Å². The van der Waals surface area contributed by atoms with Crippen LogP contribution in [0.1, 0.15) is 47.3 Å². The van der Waals surface area contributed by atoms with Crippen molar-refractivity contribution >= 4 is 5.91 Å². The van der Waals surface area contributed by atoms with E-state index in [9.17, 15) is 4.79 Å². The highest BCUT2D eigenvalue weighted by Gasteiger charge is 2.19. The van der Waals surface area contributed by atoms with Crippen molar-refractivity contribution in [1.29, 1.82) is 0 Å². The molecule has 2 aromatic rings. The van der Waals surface area contributed by atoms with Crippen LogP contribution in [0.3, 0.4) is 0 Å². The number of nitrogens with zero attached hydrogens (tertiary/aromatic N) is 3. The van der Waals surface area contributed by atoms with Gasteiger partial charge in [0.15, 0.2) is 0 Å². The Morgan fingerprint density at radius 2 is 2.12 bits per heavy atom. The topological polar surface area (TPSA) is 103 Å². The van der Waals surface area contributed by atoms with Gasteiger partial charge >= 0.3 is 5.91 Å². The fraction of sp³-hybridized carbons (Fsp3) is 0.588. The largest absolute Gasteiger partial charge is 0.470 e. The number of hydrogen-bond donors (Lipinski definition) is 1. The van der Waals surface area contributed by atoms with Crippen LogP contribution in [0.5, 0.6) is 5.88 Å². The molecule has 1 saturated heterocycles. The number of hydrazine groups is 1. The number of aryl methyl sites for hydroxylation is 2. The SMILES string of the molecule is CCCCc1noc(C)c1COc1cc(C(=O)NN2CCOCC2)on1. The second kappa shape index (κ2) is 8.81. The fourth-order valence-electron chi connectivity index (χ4n) is 2.62. The maximum absolute atomic E-state index is 12.2. The molecule has 0 atom stereocenters. The molecule has 142 valence electrons. The normalized spacial score (nSPS) is 15.2. The number of aromatic nitrogens is 2. The van der Waals surface area contributed by atoms with Crippen molar-refractivity contribution in [1.82, 2.24) is 20.7 Å². The standard InChI is InChI=1S/C17H24N4O5/c1-3-4-5-14-13(12(2)25-19-14)11-24-16-10-15(26-20-16)17(22)18-21-6-8-23-9-7-21/h10H,3-9,11H2,1-2H3,(H,18,22). The summed E-state index contributed by atoms with van der Waals surface area (Å²) in [5, 5.41) is 9.67. The van der Waals surface area contributed by atoms with Crippen molar-refractivity contribution in [2.75, 3.05) is 26.3 Å². The Labute approximate surface area is 151 Å². The molecule has 0 bridgehead atoms. The number of ether oxygens (including phenoxy) is 2. The highest BCUT2D eigenvalue weighted by Crippen LogP contribution is 2.19. The van der Waals surface area contributed by atoms with E-state index in [0.717, 1.165) is 36.3 Å². The summed E-state index contributed by atoms with van der Waals surface area (Å²) < 4.78 is 21.2. The van der Waals surface area contributed by atoms with Gasteiger partial charge in [-0.15, -0.1) is 0 Å². The first-order chi connectivity index (χ1) is 12.7. The third-order valence-electron chi connectivity index (χ3n) is 4.18. The lowest BCUT2D eigenvalue weighted by Gasteiger charge is -2.26. The minimum atomic E-state index is -0.362. The van der Waals surface area contributed by atoms with Crippen LogP contribution in [0.25, 0.3) is 0 Å². The van der Waals surface area contributed by atoms with Crippen molar-refractivity contribution < 1.29 is 23.3 Å². The summed E-state index contributed by atoms with van der Waals surface area (Å²) in [7, 11) is 0. The van der Waals surface area contributed by atoms with Gasteiger partial charge < -0.3 is 18.5 Å². The van der Waals surface area contributed by atoms with E-state index >= 15 is 0 Å². The van der Waals surface area contributed by atoms with E-state index in [1.807, 2.05) is 6.92 Å². The number of morpholine rings is 1. The first-order valence-corrected chi connectivity index (χ1v) is 8.84. The molecule has 3 rings (SSSR count). The predicted molar refractivity (Wildman–Crippen MR) is 90.5 cm³/mol. The van der Waals surface area contributed by atoms with Gasteiger partial charge in [0.05, 0.1) is 30.5 Å². The summed E-state index contributed by atoms with van der Waals surface area (Å²) in [6.45, 7) is 6.69. The molecule has 0 saturated carbocycles. The minimum Gasteiger partial charge on any atom is -0.470 e. The molecule has 1 aliphatic heterocycles. The van der Waals surface area contributed by atoms with E-state index in [1.165, 1.54) is 6.07 Å². The lowest BCUT2D eigenvalue weighted by Crippen LogP contribution is -2.48. The minimum absolute atomic E-state index is 0.0970. The number of hydrogen-bond acceptors (Lipinski definition) is 8. The van der Waals surface area contributed by atoms with Crippen LogP contribution in [0.2, 0.25) is 0 Å². The van der Waals surface area contributed by atoms with E-state index < -0.39 is 0 Å². The highest BCUT2D eigenvalue weighted by molar-refractivity contribution is 5.91. The van der Waals surface area contributed by atoms with Crippen LogP contribution in [0.4, 0.5) is 0 Å². The van der Waals surface area contributed by atoms with E-state index in [-0.39, 0.29) is 24.2 Å². The van der Waals surface area contributed by atoms with Gasteiger partial charge in [-0.3, -0.25) is 10.2 Å². The molecule has 1 amide bonds. The van der Waals surface area contributed by atoms with Crippen molar-refractivity contribution in [2.45, 2.75) is 39.7 Å². The number of nitrogens with one attached hydrogen (secondary N) is 1. The van der Waals surface area contributed by atoms with Gasteiger partial charge in [-0.1, -0.05) is 18.5 Å². The maximum Gasteiger partial charge on any atom is 0.304 e. The first-order valence-electron chi connectivity index (χ1n) is 8.84. The van der Waals surface area contributed by atoms with Crippen LogP contribution >= 0.6 is 0 Å². The van der Waals surface area contributed by atoms with Crippen molar-refractivity contribution in [3.63, 3.8) is 0 Å². The van der Waals surface area contributed by atoms with Crippen molar-refractivity contribution in [3.8, 4) is 5.88 Å². The van der Waals surface area contributed by atoms with Crippen molar-refractivity contribution in [3.05, 3.63) is 28.8 Å². The Kier molecular flexibility index (Phi) is 6.24. The molecule has 0 spiro atoms. The van der Waals surface area contributed by atoms with Gasteiger partial charge in [0.25, 0.3) is 5.88 Å². The molecular weight excluding hydrogens is 340 g/mol. The summed E-state index contributed by atoms with van der Waals surface area (Å²) in [6, 6.07) is 1.48. The number of carbonyl (C=O) groups excluding carboxylic acids is 1. The summed E-state index contributed by atoms with van der Waals surface area (Å²) >= 11 is 0. The average molecular weight is 364 g/mol. The summed E-state index contributed by atoms with van der Waals surface area (Å²) in [5.74, 6) is 0.711. The number of carbonyl (C=O) groups is 1. The quantitative estimate of drug-likeness (QED) is 0.757. The average Bonchev–Trinajstić information content (AvgIpc) is 3.26. The maximum atomic E-state index is 12.2. The lowest BCUT2D eigenvalue weighted by atomic mass is 10.1. The lowest BCUT2D eigenvalue weighted by molar-refractivity contribution is 0.0116. The molecule has 1 fully saturated rings. The molecule has 9 heteroatoms. The molecule has 0 aliphatic carbocycles. The van der Waals surface area contributed by atoms with E-state index in [2.05, 4.69) is 22.7 Å². The van der Waals surface area contributed by atoms with Crippen LogP contribution in [0.15, 0.2) is 15.1 Å². The Balaban J connectivity index is 1.55. The zero-order valence-electron chi connectivity index (χ0n) is 15.1. The predicted octanol–water partition coefficient (Wildman–Crippen LogP) is 1.87. The summed E-state index contributed by atoms with van der Waals surface area (Å²) in [6.07, 6.45) is 2.96. The van der Waals surface area contributed by atoms with Crippen LogP contribution in [-0.2, 0) is 17.8 Å². The van der Waals surface area contributed by atoms with Gasteiger partial charge in [0.2, 0.25) is 5.76 Å².